The van der Waals surface area contributed by atoms with E-state index in [1.807, 2.05) is 19.2 Å². The lowest BCUT2D eigenvalue weighted by molar-refractivity contribution is -0.141. The Labute approximate surface area is 209 Å². The third kappa shape index (κ3) is 4.09. The summed E-state index contributed by atoms with van der Waals surface area (Å²) < 4.78 is 1.77. The van der Waals surface area contributed by atoms with E-state index in [9.17, 15) is 9.59 Å². The molecule has 6 heteroatoms. The number of amides is 2. The Kier molecular flexibility index (Phi) is 6.27. The minimum atomic E-state index is -0.0744. The van der Waals surface area contributed by atoms with Crippen LogP contribution in [0.3, 0.4) is 0 Å². The minimum absolute atomic E-state index is 0.0108. The quantitative estimate of drug-likeness (QED) is 0.633. The summed E-state index contributed by atoms with van der Waals surface area (Å²) in [6.07, 6.45) is 6.85. The molecule has 0 radical (unpaired) electrons. The van der Waals surface area contributed by atoms with Crippen LogP contribution < -0.4 is 0 Å². The van der Waals surface area contributed by atoms with Gasteiger partial charge in [0.25, 0.3) is 5.91 Å². The van der Waals surface area contributed by atoms with Gasteiger partial charge < -0.3 is 9.80 Å². The van der Waals surface area contributed by atoms with E-state index in [0.717, 1.165) is 50.6 Å². The third-order valence-corrected chi connectivity index (χ3v) is 8.86. The number of aryl methyl sites for hydroxylation is 1. The van der Waals surface area contributed by atoms with Crippen LogP contribution in [-0.4, -0.2) is 55.6 Å². The first-order valence-corrected chi connectivity index (χ1v) is 13.4. The van der Waals surface area contributed by atoms with Gasteiger partial charge in [-0.1, -0.05) is 63.9 Å². The maximum absolute atomic E-state index is 14.3. The standard InChI is InChI=1S/C29H40N4O2/c1-19(2)15-22-17-24(31(5)30-22)28(35)33-25-18-29(4)26(13-9-10-14-27(29)33)32(20(3)34)23(25)16-21-11-7-6-8-12-21/h6-8,11-12,17,19,23,25-27H,9-10,13-16,18H2,1-5H3/t23-,25-,26+,27-,29+/m0/s1. The Hall–Kier alpha value is -2.63. The molecular formula is C29H40N4O2. The predicted molar refractivity (Wildman–Crippen MR) is 137 cm³/mol. The van der Waals surface area contributed by atoms with E-state index in [1.54, 1.807) is 11.6 Å². The van der Waals surface area contributed by atoms with Gasteiger partial charge >= 0.3 is 0 Å². The van der Waals surface area contributed by atoms with Gasteiger partial charge in [0.2, 0.25) is 5.91 Å². The second-order valence-electron chi connectivity index (χ2n) is 11.7. The average Bonchev–Trinajstić information content (AvgIpc) is 3.23. The second-order valence-corrected chi connectivity index (χ2v) is 11.7. The number of hydrogen-bond acceptors (Lipinski definition) is 3. The SMILES string of the molecule is CC(=O)N1[C@@H](Cc2ccccc2)[C@@H]2C[C@@]3(C)[C@H](CCCC[C@@H]13)N2C(=O)c1cc(CC(C)C)nn1C. The van der Waals surface area contributed by atoms with Gasteiger partial charge in [-0.15, -0.1) is 0 Å². The van der Waals surface area contributed by atoms with Crippen LogP contribution in [0.2, 0.25) is 0 Å². The number of carbonyl (C=O) groups is 2. The molecule has 1 aromatic carbocycles. The summed E-state index contributed by atoms with van der Waals surface area (Å²) in [4.78, 5) is 31.9. The Morgan fingerprint density at radius 1 is 1.09 bits per heavy atom. The van der Waals surface area contributed by atoms with E-state index >= 15 is 0 Å². The van der Waals surface area contributed by atoms with Crippen LogP contribution in [0.15, 0.2) is 36.4 Å². The molecule has 35 heavy (non-hydrogen) atoms. The summed E-state index contributed by atoms with van der Waals surface area (Å²) in [6, 6.07) is 12.8. The molecule has 2 bridgehead atoms. The third-order valence-electron chi connectivity index (χ3n) is 8.86. The maximum Gasteiger partial charge on any atom is 0.272 e. The van der Waals surface area contributed by atoms with Crippen LogP contribution in [0.4, 0.5) is 0 Å². The number of rotatable bonds is 5. The van der Waals surface area contributed by atoms with Crippen molar-refractivity contribution in [3.05, 3.63) is 53.3 Å². The van der Waals surface area contributed by atoms with Gasteiger partial charge in [0.15, 0.2) is 0 Å². The molecule has 1 aliphatic carbocycles. The highest BCUT2D eigenvalue weighted by Crippen LogP contribution is 2.56. The normalized spacial score (nSPS) is 30.0. The summed E-state index contributed by atoms with van der Waals surface area (Å²) in [5, 5.41) is 4.68. The second kappa shape index (κ2) is 9.11. The first kappa shape index (κ1) is 24.1. The van der Waals surface area contributed by atoms with Crippen LogP contribution in [0, 0.1) is 11.3 Å². The Morgan fingerprint density at radius 2 is 1.74 bits per heavy atom. The summed E-state index contributed by atoms with van der Waals surface area (Å²) in [6.45, 7) is 8.42. The van der Waals surface area contributed by atoms with Gasteiger partial charge in [0, 0.05) is 31.5 Å². The monoisotopic (exact) mass is 476 g/mol. The highest BCUT2D eigenvalue weighted by atomic mass is 16.2. The molecule has 5 rings (SSSR count). The molecule has 3 heterocycles. The predicted octanol–water partition coefficient (Wildman–Crippen LogP) is 4.62. The highest BCUT2D eigenvalue weighted by molar-refractivity contribution is 5.94. The van der Waals surface area contributed by atoms with Crippen molar-refractivity contribution < 1.29 is 9.59 Å². The lowest BCUT2D eigenvalue weighted by atomic mass is 9.69. The van der Waals surface area contributed by atoms with Crippen molar-refractivity contribution in [1.29, 1.82) is 0 Å². The van der Waals surface area contributed by atoms with Crippen molar-refractivity contribution in [2.75, 3.05) is 0 Å². The van der Waals surface area contributed by atoms with Gasteiger partial charge in [-0.25, -0.2) is 0 Å². The summed E-state index contributed by atoms with van der Waals surface area (Å²) in [7, 11) is 1.89. The first-order chi connectivity index (χ1) is 16.7. The van der Waals surface area contributed by atoms with Crippen molar-refractivity contribution in [2.45, 2.75) is 96.8 Å². The molecule has 3 fully saturated rings. The van der Waals surface area contributed by atoms with Crippen LogP contribution >= 0.6 is 0 Å². The molecule has 2 aliphatic heterocycles. The molecule has 6 nitrogen and oxygen atoms in total. The van der Waals surface area contributed by atoms with Crippen LogP contribution in [0.5, 0.6) is 0 Å². The Balaban J connectivity index is 1.58. The molecule has 0 N–H and O–H groups in total. The molecular weight excluding hydrogens is 436 g/mol. The van der Waals surface area contributed by atoms with Gasteiger partial charge in [-0.05, 0) is 49.7 Å². The summed E-state index contributed by atoms with van der Waals surface area (Å²) in [5.41, 5.74) is 2.79. The van der Waals surface area contributed by atoms with Crippen molar-refractivity contribution in [1.82, 2.24) is 19.6 Å². The smallest absolute Gasteiger partial charge is 0.272 e. The van der Waals surface area contributed by atoms with Crippen molar-refractivity contribution in [3.63, 3.8) is 0 Å². The molecule has 2 saturated heterocycles. The molecule has 1 aromatic heterocycles. The summed E-state index contributed by atoms with van der Waals surface area (Å²) in [5.74, 6) is 0.708. The number of likely N-dealkylation sites (tertiary alicyclic amines) is 2. The lowest BCUT2D eigenvalue weighted by Gasteiger charge is -2.50. The van der Waals surface area contributed by atoms with E-state index in [0.29, 0.717) is 11.6 Å². The van der Waals surface area contributed by atoms with E-state index < -0.39 is 0 Å². The first-order valence-electron chi connectivity index (χ1n) is 13.4. The van der Waals surface area contributed by atoms with Gasteiger partial charge in [0.1, 0.15) is 5.69 Å². The number of carbonyl (C=O) groups excluding carboxylic acids is 2. The van der Waals surface area contributed by atoms with Gasteiger partial charge in [-0.3, -0.25) is 14.3 Å². The Morgan fingerprint density at radius 3 is 2.37 bits per heavy atom. The molecule has 3 aliphatic rings. The van der Waals surface area contributed by atoms with Gasteiger partial charge in [-0.2, -0.15) is 5.10 Å². The van der Waals surface area contributed by atoms with Gasteiger partial charge in [0.05, 0.1) is 17.8 Å². The van der Waals surface area contributed by atoms with Crippen molar-refractivity contribution >= 4 is 11.8 Å². The Bertz CT molecular complexity index is 1090. The van der Waals surface area contributed by atoms with E-state index in [2.05, 4.69) is 59.9 Å². The molecule has 188 valence electrons. The lowest BCUT2D eigenvalue weighted by Crippen LogP contribution is -2.61. The molecule has 1 saturated carbocycles. The van der Waals surface area contributed by atoms with Crippen molar-refractivity contribution in [3.8, 4) is 0 Å². The van der Waals surface area contributed by atoms with Crippen molar-refractivity contribution in [2.24, 2.45) is 18.4 Å². The zero-order chi connectivity index (χ0) is 24.9. The minimum Gasteiger partial charge on any atom is -0.334 e. The largest absolute Gasteiger partial charge is 0.334 e. The molecule has 2 amide bonds. The summed E-state index contributed by atoms with van der Waals surface area (Å²) >= 11 is 0. The van der Waals surface area contributed by atoms with E-state index in [1.165, 1.54) is 5.56 Å². The fourth-order valence-electron chi connectivity index (χ4n) is 7.47. The van der Waals surface area contributed by atoms with Crippen LogP contribution in [0.1, 0.15) is 81.5 Å². The van der Waals surface area contributed by atoms with E-state index in [-0.39, 0.29) is 41.4 Å². The average molecular weight is 477 g/mol. The molecule has 0 spiro atoms. The number of piperidine rings is 1. The topological polar surface area (TPSA) is 58.4 Å². The number of benzene rings is 1. The number of aromatic nitrogens is 2. The number of fused-ring (bicyclic) bond motifs is 1. The highest BCUT2D eigenvalue weighted by Gasteiger charge is 2.63. The number of nitrogens with zero attached hydrogens (tertiary/aromatic N) is 4. The van der Waals surface area contributed by atoms with Crippen LogP contribution in [0.25, 0.3) is 0 Å². The maximum atomic E-state index is 14.3. The van der Waals surface area contributed by atoms with Crippen LogP contribution in [-0.2, 0) is 24.7 Å². The molecule has 5 atom stereocenters. The zero-order valence-corrected chi connectivity index (χ0v) is 21.9. The molecule has 2 aromatic rings. The number of hydrogen-bond donors (Lipinski definition) is 0. The molecule has 0 unspecified atom stereocenters. The fourth-order valence-corrected chi connectivity index (χ4v) is 7.47. The van der Waals surface area contributed by atoms with E-state index in [4.69, 9.17) is 0 Å². The zero-order valence-electron chi connectivity index (χ0n) is 21.9. The fraction of sp³-hybridized carbons (Fsp3) is 0.621.